The van der Waals surface area contributed by atoms with Crippen LogP contribution in [0.1, 0.15) is 11.1 Å². The summed E-state index contributed by atoms with van der Waals surface area (Å²) in [6, 6.07) is 11.0. The Labute approximate surface area is 333 Å². The number of urea groups is 1. The van der Waals surface area contributed by atoms with Crippen molar-refractivity contribution in [1.82, 2.24) is 19.6 Å². The Hall–Kier alpha value is -3.89. The maximum absolute atomic E-state index is 13.9. The van der Waals surface area contributed by atoms with E-state index in [0.717, 1.165) is 22.7 Å². The van der Waals surface area contributed by atoms with Crippen molar-refractivity contribution in [3.63, 3.8) is 0 Å². The van der Waals surface area contributed by atoms with Gasteiger partial charge in [0.2, 0.25) is 0 Å². The summed E-state index contributed by atoms with van der Waals surface area (Å²) in [4.78, 5) is 14.5. The average molecular weight is 891 g/mol. The highest BCUT2D eigenvalue weighted by Crippen LogP contribution is 2.48. The summed E-state index contributed by atoms with van der Waals surface area (Å²) in [7, 11) is -9.19. The Morgan fingerprint density at radius 2 is 1.09 bits per heavy atom. The predicted molar refractivity (Wildman–Crippen MR) is 204 cm³/mol. The van der Waals surface area contributed by atoms with Gasteiger partial charge < -0.3 is 9.47 Å². The van der Waals surface area contributed by atoms with Crippen molar-refractivity contribution in [2.24, 2.45) is 0 Å². The van der Waals surface area contributed by atoms with Gasteiger partial charge in [0, 0.05) is 46.1 Å². The van der Waals surface area contributed by atoms with Gasteiger partial charge in [-0.25, -0.2) is 14.2 Å². The molecule has 0 saturated carbocycles. The lowest BCUT2D eigenvalue weighted by molar-refractivity contribution is 0.262. The molecule has 0 saturated heterocycles. The van der Waals surface area contributed by atoms with Crippen LogP contribution < -0.4 is 20.1 Å². The molecular formula is C31H20Cl4N6O9S4. The van der Waals surface area contributed by atoms with E-state index < -0.39 is 26.3 Å². The summed E-state index contributed by atoms with van der Waals surface area (Å²) in [5.74, 6) is 0.490. The second kappa shape index (κ2) is 13.7. The molecule has 0 fully saturated rings. The van der Waals surface area contributed by atoms with Crippen LogP contribution in [0, 0.1) is 0 Å². The summed E-state index contributed by atoms with van der Waals surface area (Å²) in [5.41, 5.74) is 2.33. The van der Waals surface area contributed by atoms with E-state index in [-0.39, 0.29) is 67.7 Å². The van der Waals surface area contributed by atoms with Gasteiger partial charge in [-0.15, -0.1) is 32.9 Å². The molecule has 15 nitrogen and oxygen atoms in total. The molecule has 280 valence electrons. The topological polar surface area (TPSA) is 204 Å². The fourth-order valence-corrected chi connectivity index (χ4v) is 10.6. The number of aromatic nitrogens is 4. The van der Waals surface area contributed by atoms with E-state index in [9.17, 15) is 30.7 Å². The number of benzene rings is 2. The summed E-state index contributed by atoms with van der Waals surface area (Å²) in [5, 5.41) is 16.0. The minimum absolute atomic E-state index is 0.0620. The van der Waals surface area contributed by atoms with Gasteiger partial charge in [-0.05, 0) is 36.4 Å². The number of thiophene rings is 2. The van der Waals surface area contributed by atoms with Crippen LogP contribution >= 0.6 is 69.1 Å². The molecule has 4 aromatic heterocycles. The van der Waals surface area contributed by atoms with Crippen LogP contribution in [0.5, 0.6) is 11.5 Å². The number of carbonyl (C=O) groups is 1. The van der Waals surface area contributed by atoms with Crippen molar-refractivity contribution in [3.8, 4) is 44.0 Å². The van der Waals surface area contributed by atoms with E-state index in [1.165, 1.54) is 33.6 Å². The number of hydrogen-bond acceptors (Lipinski definition) is 11. The van der Waals surface area contributed by atoms with Crippen LogP contribution in [0.2, 0.25) is 20.1 Å². The fraction of sp³-hybridized carbons (Fsp3) is 0.129. The second-order valence-corrected chi connectivity index (χ2v) is 18.7. The van der Waals surface area contributed by atoms with Crippen LogP contribution in [-0.4, -0.2) is 64.7 Å². The van der Waals surface area contributed by atoms with Gasteiger partial charge in [-0.2, -0.15) is 16.8 Å². The van der Waals surface area contributed by atoms with Crippen molar-refractivity contribution in [2.75, 3.05) is 23.8 Å². The lowest BCUT2D eigenvalue weighted by Crippen LogP contribution is -2.22. The molecule has 6 heterocycles. The molecule has 0 atom stereocenters. The minimum Gasteiger partial charge on any atom is -0.492 e. The lowest BCUT2D eigenvalue weighted by atomic mass is 10.1. The third-order valence-corrected chi connectivity index (χ3v) is 14.1. The molecule has 0 aliphatic carbocycles. The number of nitrogens with one attached hydrogen (secondary N) is 2. The molecule has 0 bridgehead atoms. The summed E-state index contributed by atoms with van der Waals surface area (Å²) < 4.78 is 81.9. The first-order valence-electron chi connectivity index (χ1n) is 15.3. The van der Waals surface area contributed by atoms with Crippen molar-refractivity contribution in [1.29, 1.82) is 0 Å². The van der Waals surface area contributed by atoms with Gasteiger partial charge in [0.05, 0.1) is 55.8 Å². The van der Waals surface area contributed by atoms with Gasteiger partial charge >= 0.3 is 26.3 Å². The number of fused-ring (bicyclic) bond motifs is 6. The van der Waals surface area contributed by atoms with Crippen LogP contribution in [0.15, 0.2) is 56.9 Å². The number of hydrogen-bond donors (Lipinski definition) is 4. The monoisotopic (exact) mass is 888 g/mol. The zero-order valence-electron chi connectivity index (χ0n) is 26.6. The molecule has 23 heteroatoms. The van der Waals surface area contributed by atoms with Gasteiger partial charge in [-0.1, -0.05) is 46.4 Å². The van der Waals surface area contributed by atoms with Crippen LogP contribution in [0.4, 0.5) is 16.4 Å². The Balaban J connectivity index is 1.23. The summed E-state index contributed by atoms with van der Waals surface area (Å²) in [6.07, 6.45) is 0.429. The van der Waals surface area contributed by atoms with Crippen LogP contribution in [0.3, 0.4) is 0 Å². The molecule has 0 spiro atoms. The van der Waals surface area contributed by atoms with Crippen LogP contribution in [0.25, 0.3) is 32.5 Å². The first kappa shape index (κ1) is 37.1. The van der Waals surface area contributed by atoms with E-state index in [4.69, 9.17) is 55.9 Å². The number of carbonyl (C=O) groups excluding carboxylic acids is 1. The van der Waals surface area contributed by atoms with E-state index in [1.54, 1.807) is 24.3 Å². The molecular weight excluding hydrogens is 870 g/mol. The lowest BCUT2D eigenvalue weighted by Gasteiger charge is -2.09. The zero-order chi connectivity index (χ0) is 38.3. The number of anilines is 2. The maximum atomic E-state index is 13.9. The smallest absolute Gasteiger partial charge is 0.326 e. The summed E-state index contributed by atoms with van der Waals surface area (Å²) >= 11 is 27.0. The molecule has 54 heavy (non-hydrogen) atoms. The van der Waals surface area contributed by atoms with Crippen LogP contribution in [-0.2, 0) is 33.1 Å². The molecule has 8 rings (SSSR count). The van der Waals surface area contributed by atoms with E-state index in [2.05, 4.69) is 20.8 Å². The Morgan fingerprint density at radius 1 is 0.685 bits per heavy atom. The van der Waals surface area contributed by atoms with Gasteiger partial charge in [-0.3, -0.25) is 19.7 Å². The number of amides is 2. The first-order chi connectivity index (χ1) is 25.6. The number of rotatable bonds is 6. The molecule has 0 unspecified atom stereocenters. The highest BCUT2D eigenvalue weighted by molar-refractivity contribution is 7.88. The zero-order valence-corrected chi connectivity index (χ0v) is 32.9. The van der Waals surface area contributed by atoms with E-state index in [0.29, 0.717) is 53.7 Å². The van der Waals surface area contributed by atoms with Crippen molar-refractivity contribution in [3.05, 3.63) is 79.7 Å². The van der Waals surface area contributed by atoms with Crippen molar-refractivity contribution < 1.29 is 40.2 Å². The van der Waals surface area contributed by atoms with E-state index in [1.807, 2.05) is 0 Å². The number of halogens is 4. The maximum Gasteiger partial charge on any atom is 0.326 e. The molecule has 0 radical (unpaired) electrons. The molecule has 6 aromatic rings. The highest BCUT2D eigenvalue weighted by Gasteiger charge is 2.33. The van der Waals surface area contributed by atoms with Gasteiger partial charge in [0.15, 0.2) is 20.1 Å². The van der Waals surface area contributed by atoms with Gasteiger partial charge in [0.25, 0.3) is 0 Å². The first-order valence-corrected chi connectivity index (χ1v) is 21.3. The summed E-state index contributed by atoms with van der Waals surface area (Å²) in [6.45, 7) is 0.124. The second-order valence-electron chi connectivity index (χ2n) is 11.6. The van der Waals surface area contributed by atoms with E-state index >= 15 is 0 Å². The SMILES string of the molecule is O=C(Nc1nn(-c2ccc(Cl)cc2Cl)c2c1CCOc1cc(S(=O)(=O)O)sc1-2)Nc1nn(-c2ccc(Cl)cc2Cl)c2c1CCOc1cc(S(=O)(=O)O)sc1-2. The molecule has 4 N–H and O–H groups in total. The Morgan fingerprint density at radius 3 is 1.46 bits per heavy atom. The Kier molecular flexibility index (Phi) is 9.40. The Bertz CT molecular complexity index is 2590. The quantitative estimate of drug-likeness (QED) is 0.118. The minimum atomic E-state index is -4.60. The highest BCUT2D eigenvalue weighted by atomic mass is 35.5. The normalized spacial score (nSPS) is 13.7. The third kappa shape index (κ3) is 6.71. The number of nitrogens with zero attached hydrogens (tertiary/aromatic N) is 4. The van der Waals surface area contributed by atoms with Crippen molar-refractivity contribution >= 4 is 107 Å². The fourth-order valence-electron chi connectivity index (χ4n) is 5.97. The van der Waals surface area contributed by atoms with Gasteiger partial charge in [0.1, 0.15) is 11.5 Å². The molecule has 2 aliphatic heterocycles. The third-order valence-electron chi connectivity index (χ3n) is 8.22. The standard InChI is InChI=1S/C31H20Cl4N6O9S4/c32-13-1-3-19(17(34)9-13)40-25-15(5-7-49-21-11-23(51-27(21)25)53(43,44)45)29(38-40)36-31(42)37-30-16-6-8-50-22-12-24(54(46,47)48)52-28(22)26(16)41(39-30)20-4-2-14(33)10-18(20)35/h1-4,9-12H,5-8H2,(H,43,44,45)(H,46,47,48)(H2,36,37,38,39,42). The molecule has 2 aliphatic rings. The average Bonchev–Trinajstić information content (AvgIpc) is 3.81. The van der Waals surface area contributed by atoms with Crippen molar-refractivity contribution in [2.45, 2.75) is 21.3 Å². The predicted octanol–water partition coefficient (Wildman–Crippen LogP) is 8.14. The largest absolute Gasteiger partial charge is 0.492 e. The molecule has 2 amide bonds. The number of ether oxygens (including phenoxy) is 2. The molecule has 2 aromatic carbocycles.